The van der Waals surface area contributed by atoms with Gasteiger partial charge in [-0.15, -0.1) is 0 Å². The number of rotatable bonds is 4. The van der Waals surface area contributed by atoms with Gasteiger partial charge in [0.15, 0.2) is 6.10 Å². The fourth-order valence-corrected chi connectivity index (χ4v) is 2.10. The molecule has 0 aliphatic heterocycles. The molecule has 2 rings (SSSR count). The van der Waals surface area contributed by atoms with Crippen molar-refractivity contribution < 1.29 is 27.5 Å². The minimum atomic E-state index is -4.54. The van der Waals surface area contributed by atoms with E-state index in [0.29, 0.717) is 0 Å². The molecule has 1 aromatic heterocycles. The molecular weight excluding hydrogens is 396 g/mol. The molecular formula is C16H11Cl2F3N2O3. The Balaban J connectivity index is 2.03. The summed E-state index contributed by atoms with van der Waals surface area (Å²) >= 11 is 11.4. The summed E-state index contributed by atoms with van der Waals surface area (Å²) in [5, 5.41) is 2.28. The summed E-state index contributed by atoms with van der Waals surface area (Å²) in [5.41, 5.74) is -1.02. The van der Waals surface area contributed by atoms with E-state index in [4.69, 9.17) is 27.9 Å². The van der Waals surface area contributed by atoms with Crippen molar-refractivity contribution in [3.63, 3.8) is 0 Å². The quantitative estimate of drug-likeness (QED) is 0.595. The Morgan fingerprint density at radius 1 is 1.23 bits per heavy atom. The molecule has 0 aliphatic rings. The van der Waals surface area contributed by atoms with E-state index in [-0.39, 0.29) is 21.4 Å². The molecule has 1 heterocycles. The number of halogens is 5. The van der Waals surface area contributed by atoms with Crippen molar-refractivity contribution in [1.82, 2.24) is 4.98 Å². The first-order valence-electron chi connectivity index (χ1n) is 7.08. The number of hydrogen-bond donors (Lipinski definition) is 1. The smallest absolute Gasteiger partial charge is 0.416 e. The lowest BCUT2D eigenvalue weighted by Crippen LogP contribution is -2.30. The summed E-state index contributed by atoms with van der Waals surface area (Å²) in [7, 11) is 0. The molecule has 0 saturated heterocycles. The molecule has 1 atom stereocenters. The number of benzene rings is 1. The van der Waals surface area contributed by atoms with Crippen LogP contribution in [-0.4, -0.2) is 23.0 Å². The molecule has 26 heavy (non-hydrogen) atoms. The van der Waals surface area contributed by atoms with Crippen LogP contribution in [0.2, 0.25) is 10.2 Å². The van der Waals surface area contributed by atoms with Gasteiger partial charge in [-0.3, -0.25) is 4.79 Å². The molecule has 0 bridgehead atoms. The molecule has 0 saturated carbocycles. The fraction of sp³-hybridized carbons (Fsp3) is 0.188. The highest BCUT2D eigenvalue weighted by Gasteiger charge is 2.30. The minimum Gasteiger partial charge on any atom is -0.449 e. The van der Waals surface area contributed by atoms with Crippen LogP contribution < -0.4 is 5.32 Å². The lowest BCUT2D eigenvalue weighted by Gasteiger charge is -2.14. The van der Waals surface area contributed by atoms with Gasteiger partial charge in [0, 0.05) is 11.9 Å². The van der Waals surface area contributed by atoms with E-state index < -0.39 is 29.7 Å². The standard InChI is InChI=1S/C16H11Cl2F3N2O3/c1-8(26-15(25)9-5-12(17)13(18)22-7-9)14(24)23-11-4-2-3-10(6-11)16(19,20)21/h2-8H,1H3,(H,23,24)/t8-/m1/s1. The molecule has 1 aromatic carbocycles. The number of nitrogens with one attached hydrogen (secondary N) is 1. The molecule has 2 aromatic rings. The van der Waals surface area contributed by atoms with Crippen molar-refractivity contribution in [3.05, 3.63) is 57.8 Å². The van der Waals surface area contributed by atoms with E-state index in [1.807, 2.05) is 0 Å². The van der Waals surface area contributed by atoms with Crippen molar-refractivity contribution in [1.29, 1.82) is 0 Å². The number of amides is 1. The maximum atomic E-state index is 12.7. The lowest BCUT2D eigenvalue weighted by atomic mass is 10.2. The average Bonchev–Trinajstić information content (AvgIpc) is 2.56. The summed E-state index contributed by atoms with van der Waals surface area (Å²) < 4.78 is 43.0. The fourth-order valence-electron chi connectivity index (χ4n) is 1.83. The number of alkyl halides is 3. The summed E-state index contributed by atoms with van der Waals surface area (Å²) in [6, 6.07) is 5.30. The van der Waals surface area contributed by atoms with Crippen molar-refractivity contribution >= 4 is 40.8 Å². The molecule has 0 unspecified atom stereocenters. The summed E-state index contributed by atoms with van der Waals surface area (Å²) in [5.74, 6) is -1.69. The zero-order valence-corrected chi connectivity index (χ0v) is 14.6. The van der Waals surface area contributed by atoms with Gasteiger partial charge in [-0.05, 0) is 31.2 Å². The van der Waals surface area contributed by atoms with Gasteiger partial charge >= 0.3 is 12.1 Å². The van der Waals surface area contributed by atoms with Gasteiger partial charge in [-0.25, -0.2) is 9.78 Å². The van der Waals surface area contributed by atoms with Crippen LogP contribution in [0.4, 0.5) is 18.9 Å². The van der Waals surface area contributed by atoms with Crippen LogP contribution in [-0.2, 0) is 15.7 Å². The van der Waals surface area contributed by atoms with Gasteiger partial charge in [0.2, 0.25) is 0 Å². The highest BCUT2D eigenvalue weighted by molar-refractivity contribution is 6.41. The molecule has 1 N–H and O–H groups in total. The number of anilines is 1. The largest absolute Gasteiger partial charge is 0.449 e. The Kier molecular flexibility index (Phi) is 6.09. The van der Waals surface area contributed by atoms with Crippen molar-refractivity contribution in [2.75, 3.05) is 5.32 Å². The monoisotopic (exact) mass is 406 g/mol. The minimum absolute atomic E-state index is 0.00134. The third-order valence-corrected chi connectivity index (χ3v) is 3.83. The van der Waals surface area contributed by atoms with Crippen LogP contribution in [0.25, 0.3) is 0 Å². The van der Waals surface area contributed by atoms with Gasteiger partial charge < -0.3 is 10.1 Å². The van der Waals surface area contributed by atoms with Crippen molar-refractivity contribution in [2.45, 2.75) is 19.2 Å². The van der Waals surface area contributed by atoms with E-state index >= 15 is 0 Å². The first-order chi connectivity index (χ1) is 12.1. The topological polar surface area (TPSA) is 68.3 Å². The van der Waals surface area contributed by atoms with E-state index in [9.17, 15) is 22.8 Å². The Morgan fingerprint density at radius 3 is 2.54 bits per heavy atom. The Labute approximate surface area is 156 Å². The van der Waals surface area contributed by atoms with Crippen LogP contribution in [0.5, 0.6) is 0 Å². The maximum Gasteiger partial charge on any atom is 0.416 e. The number of esters is 1. The SMILES string of the molecule is C[C@@H](OC(=O)c1cnc(Cl)c(Cl)c1)C(=O)Nc1cccc(C(F)(F)F)c1. The predicted octanol–water partition coefficient (Wildman–Crippen LogP) is 4.59. The normalized spacial score (nSPS) is 12.4. The maximum absolute atomic E-state index is 12.7. The van der Waals surface area contributed by atoms with Crippen LogP contribution in [0.1, 0.15) is 22.8 Å². The van der Waals surface area contributed by atoms with Crippen LogP contribution in [0, 0.1) is 0 Å². The number of ether oxygens (including phenoxy) is 1. The second kappa shape index (κ2) is 7.92. The number of nitrogens with zero attached hydrogens (tertiary/aromatic N) is 1. The predicted molar refractivity (Wildman–Crippen MR) is 89.2 cm³/mol. The van der Waals surface area contributed by atoms with Gasteiger partial charge in [0.1, 0.15) is 5.15 Å². The molecule has 5 nitrogen and oxygen atoms in total. The highest BCUT2D eigenvalue weighted by Crippen LogP contribution is 2.30. The Hall–Kier alpha value is -2.32. The Morgan fingerprint density at radius 2 is 1.92 bits per heavy atom. The zero-order chi connectivity index (χ0) is 19.5. The van der Waals surface area contributed by atoms with Crippen molar-refractivity contribution in [3.8, 4) is 0 Å². The van der Waals surface area contributed by atoms with E-state index in [1.165, 1.54) is 19.1 Å². The third kappa shape index (κ3) is 5.09. The van der Waals surface area contributed by atoms with Crippen LogP contribution in [0.3, 0.4) is 0 Å². The van der Waals surface area contributed by atoms with Crippen LogP contribution >= 0.6 is 23.2 Å². The summed E-state index contributed by atoms with van der Waals surface area (Å²) in [4.78, 5) is 27.7. The number of aromatic nitrogens is 1. The Bertz CT molecular complexity index is 844. The number of hydrogen-bond acceptors (Lipinski definition) is 4. The van der Waals surface area contributed by atoms with E-state index in [0.717, 1.165) is 24.4 Å². The van der Waals surface area contributed by atoms with Crippen molar-refractivity contribution in [2.24, 2.45) is 0 Å². The highest BCUT2D eigenvalue weighted by atomic mass is 35.5. The molecule has 0 fully saturated rings. The third-order valence-electron chi connectivity index (χ3n) is 3.14. The molecule has 138 valence electrons. The summed E-state index contributed by atoms with van der Waals surface area (Å²) in [6.07, 6.45) is -4.69. The van der Waals surface area contributed by atoms with E-state index in [1.54, 1.807) is 0 Å². The van der Waals surface area contributed by atoms with Gasteiger partial charge in [-0.2, -0.15) is 13.2 Å². The second-order valence-electron chi connectivity index (χ2n) is 5.11. The molecule has 0 radical (unpaired) electrons. The molecule has 0 spiro atoms. The first kappa shape index (κ1) is 20.0. The average molecular weight is 407 g/mol. The second-order valence-corrected chi connectivity index (χ2v) is 5.88. The summed E-state index contributed by atoms with van der Waals surface area (Å²) in [6.45, 7) is 1.27. The lowest BCUT2D eigenvalue weighted by molar-refractivity contribution is -0.137. The molecule has 10 heteroatoms. The molecule has 1 amide bonds. The number of pyridine rings is 1. The number of carbonyl (C=O) groups is 2. The van der Waals surface area contributed by atoms with Crippen LogP contribution in [0.15, 0.2) is 36.5 Å². The van der Waals surface area contributed by atoms with Gasteiger partial charge in [-0.1, -0.05) is 29.3 Å². The zero-order valence-electron chi connectivity index (χ0n) is 13.1. The molecule has 0 aliphatic carbocycles. The van der Waals surface area contributed by atoms with Gasteiger partial charge in [0.25, 0.3) is 5.91 Å². The first-order valence-corrected chi connectivity index (χ1v) is 7.83. The van der Waals surface area contributed by atoms with Gasteiger partial charge in [0.05, 0.1) is 16.1 Å². The number of carbonyl (C=O) groups excluding carboxylic acids is 2. The van der Waals surface area contributed by atoms with E-state index in [2.05, 4.69) is 10.3 Å².